The second-order valence-corrected chi connectivity index (χ2v) is 3.96. The Labute approximate surface area is 81.3 Å². The third-order valence-corrected chi connectivity index (χ3v) is 3.23. The lowest BCUT2D eigenvalue weighted by Gasteiger charge is -2.16. The van der Waals surface area contributed by atoms with Crippen LogP contribution < -0.4 is 4.74 Å². The Morgan fingerprint density at radius 3 is 3.08 bits per heavy atom. The van der Waals surface area contributed by atoms with Gasteiger partial charge in [0.25, 0.3) is 0 Å². The summed E-state index contributed by atoms with van der Waals surface area (Å²) in [5.74, 6) is 1.71. The lowest BCUT2D eigenvalue weighted by Crippen LogP contribution is -2.12. The van der Waals surface area contributed by atoms with Gasteiger partial charge in [-0.2, -0.15) is 0 Å². The normalized spacial score (nSPS) is 15.3. The molecule has 0 saturated carbocycles. The molecule has 1 heterocycles. The molecule has 0 spiro atoms. The minimum Gasteiger partial charge on any atom is -0.496 e. The summed E-state index contributed by atoms with van der Waals surface area (Å²) in [6.07, 6.45) is 0.520. The van der Waals surface area contributed by atoms with Gasteiger partial charge in [0.2, 0.25) is 0 Å². The first kappa shape index (κ1) is 8.63. The van der Waals surface area contributed by atoms with Crippen molar-refractivity contribution in [2.45, 2.75) is 11.3 Å². The van der Waals surface area contributed by atoms with Crippen molar-refractivity contribution in [2.75, 3.05) is 12.9 Å². The molecule has 0 aliphatic carbocycles. The summed E-state index contributed by atoms with van der Waals surface area (Å²) < 4.78 is 5.20. The highest BCUT2D eigenvalue weighted by Crippen LogP contribution is 2.34. The van der Waals surface area contributed by atoms with Crippen LogP contribution in [0.1, 0.15) is 5.56 Å². The number of thioether (sulfide) groups is 1. The maximum atomic E-state index is 11.2. The van der Waals surface area contributed by atoms with E-state index in [-0.39, 0.29) is 5.78 Å². The molecule has 0 saturated heterocycles. The van der Waals surface area contributed by atoms with Crippen LogP contribution in [0.4, 0.5) is 0 Å². The fraction of sp³-hybridized carbons (Fsp3) is 0.300. The Morgan fingerprint density at radius 1 is 1.46 bits per heavy atom. The van der Waals surface area contributed by atoms with Crippen LogP contribution in [0, 0.1) is 0 Å². The first-order chi connectivity index (χ1) is 6.31. The van der Waals surface area contributed by atoms with Crippen molar-refractivity contribution in [3.05, 3.63) is 23.8 Å². The van der Waals surface area contributed by atoms with Gasteiger partial charge in [0, 0.05) is 16.9 Å². The predicted molar refractivity (Wildman–Crippen MR) is 52.4 cm³/mol. The van der Waals surface area contributed by atoms with Crippen LogP contribution in [0.25, 0.3) is 0 Å². The molecule has 1 aromatic rings. The summed E-state index contributed by atoms with van der Waals surface area (Å²) >= 11 is 1.60. The van der Waals surface area contributed by atoms with Crippen molar-refractivity contribution in [1.82, 2.24) is 0 Å². The Morgan fingerprint density at radius 2 is 2.31 bits per heavy atom. The number of methoxy groups -OCH3 is 1. The average molecular weight is 194 g/mol. The number of ketones is 1. The smallest absolute Gasteiger partial charge is 0.147 e. The second-order valence-electron chi connectivity index (χ2n) is 2.94. The zero-order chi connectivity index (χ0) is 9.26. The molecule has 0 bridgehead atoms. The zero-order valence-electron chi connectivity index (χ0n) is 7.37. The van der Waals surface area contributed by atoms with E-state index >= 15 is 0 Å². The molecule has 13 heavy (non-hydrogen) atoms. The third kappa shape index (κ3) is 1.56. The van der Waals surface area contributed by atoms with Gasteiger partial charge in [-0.15, -0.1) is 11.8 Å². The quantitative estimate of drug-likeness (QED) is 0.683. The summed E-state index contributed by atoms with van der Waals surface area (Å²) in [5, 5.41) is 0. The second kappa shape index (κ2) is 3.42. The molecule has 1 aromatic carbocycles. The molecule has 0 atom stereocenters. The van der Waals surface area contributed by atoms with E-state index in [2.05, 4.69) is 0 Å². The number of fused-ring (bicyclic) bond motifs is 1. The van der Waals surface area contributed by atoms with Gasteiger partial charge in [0.05, 0.1) is 12.9 Å². The summed E-state index contributed by atoms with van der Waals surface area (Å²) in [6.45, 7) is 0. The van der Waals surface area contributed by atoms with E-state index in [1.54, 1.807) is 18.9 Å². The number of ether oxygens (including phenoxy) is 1. The van der Waals surface area contributed by atoms with Crippen LogP contribution >= 0.6 is 11.8 Å². The molecule has 2 nitrogen and oxygen atoms in total. The number of hydrogen-bond donors (Lipinski definition) is 0. The Balaban J connectivity index is 2.46. The van der Waals surface area contributed by atoms with Crippen LogP contribution in [0.2, 0.25) is 0 Å². The number of rotatable bonds is 1. The molecule has 1 aliphatic heterocycles. The van der Waals surface area contributed by atoms with E-state index in [4.69, 9.17) is 4.74 Å². The van der Waals surface area contributed by atoms with Crippen LogP contribution in [0.15, 0.2) is 23.1 Å². The number of Topliss-reactive ketones (excluding diaryl/α,β-unsaturated/α-hetero) is 1. The first-order valence-electron chi connectivity index (χ1n) is 4.11. The summed E-state index contributed by atoms with van der Waals surface area (Å²) in [6, 6.07) is 5.90. The first-order valence-corrected chi connectivity index (χ1v) is 5.10. The molecule has 0 N–H and O–H groups in total. The highest BCUT2D eigenvalue weighted by atomic mass is 32.2. The van der Waals surface area contributed by atoms with Crippen LogP contribution in [0.3, 0.4) is 0 Å². The van der Waals surface area contributed by atoms with Gasteiger partial charge in [-0.1, -0.05) is 6.07 Å². The largest absolute Gasteiger partial charge is 0.496 e. The topological polar surface area (TPSA) is 26.3 Å². The summed E-state index contributed by atoms with van der Waals surface area (Å²) in [4.78, 5) is 12.4. The molecular weight excluding hydrogens is 184 g/mol. The number of hydrogen-bond acceptors (Lipinski definition) is 3. The molecule has 68 valence electrons. The SMILES string of the molecule is COc1cccc2c1CC(=O)CS2. The van der Waals surface area contributed by atoms with Gasteiger partial charge in [0.1, 0.15) is 11.5 Å². The van der Waals surface area contributed by atoms with Gasteiger partial charge in [-0.05, 0) is 12.1 Å². The lowest BCUT2D eigenvalue weighted by molar-refractivity contribution is -0.116. The molecular formula is C10H10O2S. The van der Waals surface area contributed by atoms with E-state index in [1.165, 1.54) is 4.90 Å². The molecule has 0 fully saturated rings. The predicted octanol–water partition coefficient (Wildman–Crippen LogP) is 1.91. The average Bonchev–Trinajstić information content (AvgIpc) is 2.17. The number of carbonyl (C=O) groups excluding carboxylic acids is 1. The van der Waals surface area contributed by atoms with E-state index in [1.807, 2.05) is 18.2 Å². The van der Waals surface area contributed by atoms with Gasteiger partial charge in [-0.3, -0.25) is 4.79 Å². The van der Waals surface area contributed by atoms with Gasteiger partial charge in [-0.25, -0.2) is 0 Å². The number of carbonyl (C=O) groups is 1. The fourth-order valence-electron chi connectivity index (χ4n) is 1.45. The molecule has 3 heteroatoms. The van der Waals surface area contributed by atoms with E-state index < -0.39 is 0 Å². The van der Waals surface area contributed by atoms with Gasteiger partial charge in [0.15, 0.2) is 0 Å². The standard InChI is InChI=1S/C10H10O2S/c1-12-9-3-2-4-10-8(9)5-7(11)6-13-10/h2-4H,5-6H2,1H3. The Kier molecular flexibility index (Phi) is 2.27. The van der Waals surface area contributed by atoms with Crippen molar-refractivity contribution in [1.29, 1.82) is 0 Å². The summed E-state index contributed by atoms with van der Waals surface area (Å²) in [7, 11) is 1.64. The monoisotopic (exact) mass is 194 g/mol. The third-order valence-electron chi connectivity index (χ3n) is 2.07. The molecule has 0 radical (unpaired) electrons. The Hall–Kier alpha value is -0.960. The van der Waals surface area contributed by atoms with Crippen LogP contribution in [-0.2, 0) is 11.2 Å². The van der Waals surface area contributed by atoms with Gasteiger partial charge < -0.3 is 4.74 Å². The van der Waals surface area contributed by atoms with Crippen LogP contribution in [0.5, 0.6) is 5.75 Å². The van der Waals surface area contributed by atoms with Crippen molar-refractivity contribution in [3.63, 3.8) is 0 Å². The van der Waals surface area contributed by atoms with E-state index in [0.717, 1.165) is 11.3 Å². The van der Waals surface area contributed by atoms with Crippen molar-refractivity contribution in [3.8, 4) is 5.75 Å². The molecule has 0 unspecified atom stereocenters. The minimum atomic E-state index is 0.280. The molecule has 2 rings (SSSR count). The highest BCUT2D eigenvalue weighted by Gasteiger charge is 2.18. The maximum Gasteiger partial charge on any atom is 0.147 e. The molecule has 0 amide bonds. The summed E-state index contributed by atoms with van der Waals surface area (Å²) in [5.41, 5.74) is 1.05. The van der Waals surface area contributed by atoms with Crippen molar-refractivity contribution >= 4 is 17.5 Å². The number of benzene rings is 1. The highest BCUT2D eigenvalue weighted by molar-refractivity contribution is 8.00. The van der Waals surface area contributed by atoms with E-state index in [0.29, 0.717) is 12.2 Å². The maximum absolute atomic E-state index is 11.2. The molecule has 0 aromatic heterocycles. The fourth-order valence-corrected chi connectivity index (χ4v) is 2.39. The lowest BCUT2D eigenvalue weighted by atomic mass is 10.1. The van der Waals surface area contributed by atoms with Crippen molar-refractivity contribution in [2.24, 2.45) is 0 Å². The van der Waals surface area contributed by atoms with Gasteiger partial charge >= 0.3 is 0 Å². The van der Waals surface area contributed by atoms with Crippen LogP contribution in [-0.4, -0.2) is 18.6 Å². The minimum absolute atomic E-state index is 0.280. The molecule has 1 aliphatic rings. The Bertz CT molecular complexity index is 333. The zero-order valence-corrected chi connectivity index (χ0v) is 8.19. The van der Waals surface area contributed by atoms with E-state index in [9.17, 15) is 4.79 Å². The van der Waals surface area contributed by atoms with Crippen molar-refractivity contribution < 1.29 is 9.53 Å².